The maximum atomic E-state index is 12.5. The summed E-state index contributed by atoms with van der Waals surface area (Å²) in [7, 11) is 0. The van der Waals surface area contributed by atoms with E-state index >= 15 is 0 Å². The van der Waals surface area contributed by atoms with Gasteiger partial charge in [-0.3, -0.25) is 9.36 Å². The average Bonchev–Trinajstić information content (AvgIpc) is 3.34. The number of fused-ring (bicyclic) bond motifs is 1. The lowest BCUT2D eigenvalue weighted by Crippen LogP contribution is -2.44. The smallest absolute Gasteiger partial charge is 0.350 e. The number of hydrogen-bond donors (Lipinski definition) is 2. The molecule has 26 heavy (non-hydrogen) atoms. The Hall–Kier alpha value is -2.79. The number of rotatable bonds is 4. The van der Waals surface area contributed by atoms with E-state index in [0.717, 1.165) is 38.0 Å². The summed E-state index contributed by atoms with van der Waals surface area (Å²) in [5.74, 6) is 5.95. The first-order chi connectivity index (χ1) is 12.5. The van der Waals surface area contributed by atoms with E-state index in [4.69, 9.17) is 16.8 Å². The summed E-state index contributed by atoms with van der Waals surface area (Å²) in [6.45, 7) is 1.62. The van der Waals surface area contributed by atoms with Gasteiger partial charge in [-0.15, -0.1) is 0 Å². The quantitative estimate of drug-likeness (QED) is 0.760. The number of nitriles is 1. The lowest BCUT2D eigenvalue weighted by Gasteiger charge is -2.21. The molecule has 1 aromatic heterocycles. The molecule has 136 valence electrons. The molecule has 2 fully saturated rings. The van der Waals surface area contributed by atoms with Crippen LogP contribution in [0.4, 0.5) is 5.69 Å². The second-order valence-corrected chi connectivity index (χ2v) is 7.28. The minimum absolute atomic E-state index is 0.117. The molecule has 0 spiro atoms. The molecule has 2 heterocycles. The van der Waals surface area contributed by atoms with E-state index in [1.165, 1.54) is 0 Å². The molecule has 8 heteroatoms. The van der Waals surface area contributed by atoms with Crippen molar-refractivity contribution < 1.29 is 0 Å². The van der Waals surface area contributed by atoms with E-state index in [2.05, 4.69) is 11.0 Å². The molecule has 2 aromatic rings. The van der Waals surface area contributed by atoms with Gasteiger partial charge in [-0.1, -0.05) is 0 Å². The highest BCUT2D eigenvalue weighted by molar-refractivity contribution is 5.82. The molecular formula is C18H22N6O2. The van der Waals surface area contributed by atoms with Crippen LogP contribution in [0.2, 0.25) is 0 Å². The van der Waals surface area contributed by atoms with Crippen molar-refractivity contribution in [2.45, 2.75) is 37.8 Å². The van der Waals surface area contributed by atoms with Crippen molar-refractivity contribution in [1.82, 2.24) is 9.24 Å². The SMILES string of the molecule is N#CCC(N)C1CCN(c2ccc3c(=O)n(N)c(=O)n(C4CC4)c3c2)C1. The summed E-state index contributed by atoms with van der Waals surface area (Å²) in [4.78, 5) is 27.0. The number of nitrogens with two attached hydrogens (primary N) is 2. The number of anilines is 1. The van der Waals surface area contributed by atoms with Crippen molar-refractivity contribution in [1.29, 1.82) is 5.26 Å². The van der Waals surface area contributed by atoms with Gasteiger partial charge in [-0.25, -0.2) is 4.79 Å². The third-order valence-electron chi connectivity index (χ3n) is 5.54. The molecule has 4 rings (SSSR count). The van der Waals surface area contributed by atoms with Crippen LogP contribution < -0.4 is 27.7 Å². The normalized spacial score (nSPS) is 21.1. The molecule has 1 aromatic carbocycles. The van der Waals surface area contributed by atoms with E-state index in [1.54, 1.807) is 10.6 Å². The molecule has 1 saturated carbocycles. The Labute approximate surface area is 150 Å². The predicted octanol–water partition coefficient (Wildman–Crippen LogP) is 0.279. The summed E-state index contributed by atoms with van der Waals surface area (Å²) in [6, 6.07) is 7.68. The molecular weight excluding hydrogens is 332 g/mol. The van der Waals surface area contributed by atoms with E-state index < -0.39 is 11.2 Å². The summed E-state index contributed by atoms with van der Waals surface area (Å²) in [6.07, 6.45) is 3.13. The standard InChI is InChI=1S/C18H22N6O2/c19-7-5-15(20)11-6-8-22(10-11)13-3-4-14-16(9-13)23(12-1-2-12)18(26)24(21)17(14)25/h3-4,9,11-12,15H,1-2,5-6,8,10,20-21H2. The van der Waals surface area contributed by atoms with Gasteiger partial charge < -0.3 is 16.5 Å². The van der Waals surface area contributed by atoms with Crippen LogP contribution in [0.15, 0.2) is 27.8 Å². The van der Waals surface area contributed by atoms with Gasteiger partial charge in [0.15, 0.2) is 0 Å². The number of nitrogens with zero attached hydrogens (tertiary/aromatic N) is 4. The first kappa shape index (κ1) is 16.7. The first-order valence-corrected chi connectivity index (χ1v) is 8.95. The third-order valence-corrected chi connectivity index (χ3v) is 5.54. The van der Waals surface area contributed by atoms with E-state index in [-0.39, 0.29) is 18.0 Å². The van der Waals surface area contributed by atoms with Gasteiger partial charge in [0.05, 0.1) is 23.4 Å². The van der Waals surface area contributed by atoms with Crippen molar-refractivity contribution in [3.63, 3.8) is 0 Å². The average molecular weight is 354 g/mol. The Bertz CT molecular complexity index is 1010. The third kappa shape index (κ3) is 2.65. The number of benzene rings is 1. The maximum Gasteiger partial charge on any atom is 0.350 e. The Kier molecular flexibility index (Phi) is 3.96. The highest BCUT2D eigenvalue weighted by Crippen LogP contribution is 2.36. The van der Waals surface area contributed by atoms with Crippen molar-refractivity contribution in [3.05, 3.63) is 39.0 Å². The minimum atomic E-state index is -0.469. The second kappa shape index (κ2) is 6.18. The van der Waals surface area contributed by atoms with Crippen molar-refractivity contribution in [2.75, 3.05) is 23.8 Å². The van der Waals surface area contributed by atoms with Crippen molar-refractivity contribution >= 4 is 16.6 Å². The monoisotopic (exact) mass is 354 g/mol. The summed E-state index contributed by atoms with van der Waals surface area (Å²) in [5.41, 5.74) is 6.78. The lowest BCUT2D eigenvalue weighted by molar-refractivity contribution is 0.464. The van der Waals surface area contributed by atoms with Crippen LogP contribution in [0.5, 0.6) is 0 Å². The molecule has 2 unspecified atom stereocenters. The fourth-order valence-corrected chi connectivity index (χ4v) is 3.86. The molecule has 0 radical (unpaired) electrons. The van der Waals surface area contributed by atoms with Crippen LogP contribution in [0.3, 0.4) is 0 Å². The zero-order valence-corrected chi connectivity index (χ0v) is 14.5. The summed E-state index contributed by atoms with van der Waals surface area (Å²) in [5, 5.41) is 9.30. The van der Waals surface area contributed by atoms with Gasteiger partial charge >= 0.3 is 5.69 Å². The molecule has 0 bridgehead atoms. The van der Waals surface area contributed by atoms with Gasteiger partial charge in [-0.2, -0.15) is 9.94 Å². The van der Waals surface area contributed by atoms with Crippen LogP contribution in [0.25, 0.3) is 10.9 Å². The van der Waals surface area contributed by atoms with E-state index in [1.807, 2.05) is 12.1 Å². The van der Waals surface area contributed by atoms with Crippen LogP contribution in [-0.2, 0) is 0 Å². The molecule has 2 aliphatic rings. The zero-order chi connectivity index (χ0) is 18.4. The summed E-state index contributed by atoms with van der Waals surface area (Å²) >= 11 is 0. The van der Waals surface area contributed by atoms with Gasteiger partial charge in [0.25, 0.3) is 5.56 Å². The zero-order valence-electron chi connectivity index (χ0n) is 14.5. The highest BCUT2D eigenvalue weighted by atomic mass is 16.2. The molecule has 4 N–H and O–H groups in total. The van der Waals surface area contributed by atoms with Gasteiger partial charge in [0.2, 0.25) is 0 Å². The highest BCUT2D eigenvalue weighted by Gasteiger charge is 2.30. The topological polar surface area (TPSA) is 123 Å². The molecule has 1 aliphatic carbocycles. The molecule has 1 aliphatic heterocycles. The Morgan fingerprint density at radius 2 is 2.04 bits per heavy atom. The van der Waals surface area contributed by atoms with Crippen LogP contribution in [-0.4, -0.2) is 28.4 Å². The molecule has 8 nitrogen and oxygen atoms in total. The van der Waals surface area contributed by atoms with Gasteiger partial charge in [-0.05, 0) is 43.4 Å². The fraction of sp³-hybridized carbons (Fsp3) is 0.500. The Balaban J connectivity index is 1.74. The fourth-order valence-electron chi connectivity index (χ4n) is 3.86. The Morgan fingerprint density at radius 1 is 1.27 bits per heavy atom. The van der Waals surface area contributed by atoms with Crippen LogP contribution >= 0.6 is 0 Å². The molecule has 0 amide bonds. The number of hydrogen-bond acceptors (Lipinski definition) is 6. The summed E-state index contributed by atoms with van der Waals surface area (Å²) < 4.78 is 2.35. The van der Waals surface area contributed by atoms with Gasteiger partial charge in [0, 0.05) is 30.9 Å². The number of aromatic nitrogens is 2. The molecule has 2 atom stereocenters. The second-order valence-electron chi connectivity index (χ2n) is 7.28. The predicted molar refractivity (Wildman–Crippen MR) is 99.4 cm³/mol. The van der Waals surface area contributed by atoms with Crippen LogP contribution in [0.1, 0.15) is 31.7 Å². The van der Waals surface area contributed by atoms with E-state index in [0.29, 0.717) is 22.0 Å². The lowest BCUT2D eigenvalue weighted by atomic mass is 9.98. The van der Waals surface area contributed by atoms with Gasteiger partial charge in [0.1, 0.15) is 0 Å². The first-order valence-electron chi connectivity index (χ1n) is 8.95. The van der Waals surface area contributed by atoms with E-state index in [9.17, 15) is 9.59 Å². The van der Waals surface area contributed by atoms with Crippen molar-refractivity contribution in [3.8, 4) is 6.07 Å². The van der Waals surface area contributed by atoms with Crippen molar-refractivity contribution in [2.24, 2.45) is 11.7 Å². The minimum Gasteiger partial charge on any atom is -0.371 e. The van der Waals surface area contributed by atoms with Crippen LogP contribution in [0, 0.1) is 17.2 Å². The Morgan fingerprint density at radius 3 is 2.73 bits per heavy atom. The maximum absolute atomic E-state index is 12.5. The number of nitrogen functional groups attached to an aromatic ring is 1. The largest absolute Gasteiger partial charge is 0.371 e. The molecule has 1 saturated heterocycles.